The lowest BCUT2D eigenvalue weighted by Gasteiger charge is -2.22. The summed E-state index contributed by atoms with van der Waals surface area (Å²) in [6.45, 7) is 0. The maximum Gasteiger partial charge on any atom is 0.356 e. The van der Waals surface area contributed by atoms with Crippen LogP contribution in [-0.4, -0.2) is 24.1 Å². The number of pyridine rings is 1. The molecule has 1 heterocycles. The van der Waals surface area contributed by atoms with Crippen LogP contribution in [0.2, 0.25) is 0 Å². The second-order valence-electron chi connectivity index (χ2n) is 5.31. The van der Waals surface area contributed by atoms with Crippen molar-refractivity contribution >= 4 is 17.5 Å². The van der Waals surface area contributed by atoms with Gasteiger partial charge in [-0.05, 0) is 25.0 Å². The summed E-state index contributed by atoms with van der Waals surface area (Å²) < 4.78 is 4.69. The molecule has 0 radical (unpaired) electrons. The molecule has 0 amide bonds. The fraction of sp³-hybridized carbons (Fsp3) is 0.600. The Morgan fingerprint density at radius 1 is 1.25 bits per heavy atom. The summed E-state index contributed by atoms with van der Waals surface area (Å²) in [5.41, 5.74) is 6.80. The predicted octanol–water partition coefficient (Wildman–Crippen LogP) is 2.98. The lowest BCUT2D eigenvalue weighted by molar-refractivity contribution is 0.0594. The molecule has 5 heteroatoms. The summed E-state index contributed by atoms with van der Waals surface area (Å²) >= 11 is 0. The van der Waals surface area contributed by atoms with E-state index in [2.05, 4.69) is 15.0 Å². The number of hydrogen-bond donors (Lipinski definition) is 2. The Labute approximate surface area is 119 Å². The lowest BCUT2D eigenvalue weighted by atomic mass is 9.97. The number of methoxy groups -OCH3 is 1. The van der Waals surface area contributed by atoms with Gasteiger partial charge < -0.3 is 15.8 Å². The molecular formula is C15H23N3O2. The Hall–Kier alpha value is -1.78. The van der Waals surface area contributed by atoms with Crippen molar-refractivity contribution in [3.8, 4) is 0 Å². The van der Waals surface area contributed by atoms with Gasteiger partial charge in [-0.1, -0.05) is 32.1 Å². The van der Waals surface area contributed by atoms with Crippen LogP contribution >= 0.6 is 0 Å². The molecule has 0 unspecified atom stereocenters. The van der Waals surface area contributed by atoms with Gasteiger partial charge in [-0.3, -0.25) is 0 Å². The molecule has 1 aromatic heterocycles. The molecule has 0 aromatic carbocycles. The summed E-state index contributed by atoms with van der Waals surface area (Å²) in [4.78, 5) is 15.8. The van der Waals surface area contributed by atoms with Crippen molar-refractivity contribution < 1.29 is 9.53 Å². The van der Waals surface area contributed by atoms with Crippen LogP contribution in [0.15, 0.2) is 12.1 Å². The van der Waals surface area contributed by atoms with E-state index in [4.69, 9.17) is 5.73 Å². The van der Waals surface area contributed by atoms with Gasteiger partial charge in [0.25, 0.3) is 0 Å². The first-order valence-electron chi connectivity index (χ1n) is 7.32. The summed E-state index contributed by atoms with van der Waals surface area (Å²) in [6, 6.07) is 3.67. The van der Waals surface area contributed by atoms with Crippen molar-refractivity contribution in [2.75, 3.05) is 18.2 Å². The quantitative estimate of drug-likeness (QED) is 0.830. The van der Waals surface area contributed by atoms with Crippen LogP contribution in [0, 0.1) is 0 Å². The van der Waals surface area contributed by atoms with Gasteiger partial charge in [0, 0.05) is 6.04 Å². The van der Waals surface area contributed by atoms with Gasteiger partial charge in [-0.25, -0.2) is 9.78 Å². The summed E-state index contributed by atoms with van der Waals surface area (Å²) in [5.74, 6) is 0.157. The van der Waals surface area contributed by atoms with E-state index >= 15 is 0 Å². The molecule has 1 aliphatic carbocycles. The number of hydrogen-bond acceptors (Lipinski definition) is 5. The number of aromatic nitrogens is 1. The second kappa shape index (κ2) is 7.12. The predicted molar refractivity (Wildman–Crippen MR) is 79.7 cm³/mol. The Morgan fingerprint density at radius 3 is 2.55 bits per heavy atom. The minimum absolute atomic E-state index is 0.287. The van der Waals surface area contributed by atoms with E-state index in [1.807, 2.05) is 0 Å². The Bertz CT molecular complexity index is 454. The highest BCUT2D eigenvalue weighted by molar-refractivity contribution is 5.88. The third-order valence-corrected chi connectivity index (χ3v) is 3.77. The highest BCUT2D eigenvalue weighted by Crippen LogP contribution is 2.23. The number of nitrogen functional groups attached to an aromatic ring is 1. The van der Waals surface area contributed by atoms with Crippen LogP contribution in [0.1, 0.15) is 55.4 Å². The van der Waals surface area contributed by atoms with Crippen molar-refractivity contribution in [1.29, 1.82) is 0 Å². The largest absolute Gasteiger partial charge is 0.464 e. The molecule has 0 aliphatic heterocycles. The van der Waals surface area contributed by atoms with Crippen LogP contribution in [0.5, 0.6) is 0 Å². The van der Waals surface area contributed by atoms with E-state index in [1.54, 1.807) is 12.1 Å². The minimum atomic E-state index is -0.439. The summed E-state index contributed by atoms with van der Waals surface area (Å²) in [6.07, 6.45) is 8.65. The zero-order valence-electron chi connectivity index (χ0n) is 12.0. The number of nitrogens with zero attached hydrogens (tertiary/aromatic N) is 1. The van der Waals surface area contributed by atoms with Crippen LogP contribution in [0.3, 0.4) is 0 Å². The molecule has 3 N–H and O–H groups in total. The summed E-state index contributed by atoms with van der Waals surface area (Å²) in [5, 5.41) is 3.39. The number of carbonyl (C=O) groups is 1. The number of nitrogens with two attached hydrogens (primary N) is 1. The molecule has 5 nitrogen and oxygen atoms in total. The van der Waals surface area contributed by atoms with E-state index in [0.29, 0.717) is 17.5 Å². The zero-order chi connectivity index (χ0) is 14.4. The van der Waals surface area contributed by atoms with Gasteiger partial charge in [-0.15, -0.1) is 0 Å². The minimum Gasteiger partial charge on any atom is -0.464 e. The molecule has 1 aliphatic rings. The standard InChI is InChI=1S/C15H23N3O2/c1-20-15(19)13-10-9-12(16)14(18-13)17-11-7-5-3-2-4-6-8-11/h9-11H,2-8,16H2,1H3,(H,17,18). The average molecular weight is 277 g/mol. The molecule has 110 valence electrons. The van der Waals surface area contributed by atoms with Crippen LogP contribution < -0.4 is 11.1 Å². The van der Waals surface area contributed by atoms with E-state index in [9.17, 15) is 4.79 Å². The SMILES string of the molecule is COC(=O)c1ccc(N)c(NC2CCCCCCC2)n1. The number of rotatable bonds is 3. The number of carbonyl (C=O) groups excluding carboxylic acids is 1. The number of anilines is 2. The lowest BCUT2D eigenvalue weighted by Crippen LogP contribution is -2.22. The Kier molecular flexibility index (Phi) is 5.21. The maximum absolute atomic E-state index is 11.5. The molecular weight excluding hydrogens is 254 g/mol. The fourth-order valence-electron chi connectivity index (χ4n) is 2.60. The number of ether oxygens (including phenoxy) is 1. The molecule has 2 rings (SSSR count). The smallest absolute Gasteiger partial charge is 0.356 e. The molecule has 0 atom stereocenters. The zero-order valence-corrected chi connectivity index (χ0v) is 12.0. The first-order chi connectivity index (χ1) is 9.70. The Balaban J connectivity index is 2.08. The van der Waals surface area contributed by atoms with E-state index in [0.717, 1.165) is 12.8 Å². The first-order valence-corrected chi connectivity index (χ1v) is 7.32. The first kappa shape index (κ1) is 14.6. The molecule has 1 aromatic rings. The molecule has 0 saturated heterocycles. The van der Waals surface area contributed by atoms with Crippen LogP contribution in [0.25, 0.3) is 0 Å². The van der Waals surface area contributed by atoms with Gasteiger partial charge in [0.2, 0.25) is 0 Å². The molecule has 0 spiro atoms. The third kappa shape index (κ3) is 3.85. The highest BCUT2D eigenvalue weighted by Gasteiger charge is 2.15. The van der Waals surface area contributed by atoms with Gasteiger partial charge in [0.1, 0.15) is 5.82 Å². The van der Waals surface area contributed by atoms with Gasteiger partial charge in [0.15, 0.2) is 5.69 Å². The van der Waals surface area contributed by atoms with Gasteiger partial charge in [-0.2, -0.15) is 0 Å². The summed E-state index contributed by atoms with van der Waals surface area (Å²) in [7, 11) is 1.35. The number of esters is 1. The third-order valence-electron chi connectivity index (χ3n) is 3.77. The van der Waals surface area contributed by atoms with Crippen molar-refractivity contribution in [1.82, 2.24) is 4.98 Å². The van der Waals surface area contributed by atoms with Crippen molar-refractivity contribution in [3.05, 3.63) is 17.8 Å². The Morgan fingerprint density at radius 2 is 1.90 bits per heavy atom. The van der Waals surface area contributed by atoms with Gasteiger partial charge in [0.05, 0.1) is 12.8 Å². The highest BCUT2D eigenvalue weighted by atomic mass is 16.5. The van der Waals surface area contributed by atoms with Crippen LogP contribution in [-0.2, 0) is 4.74 Å². The average Bonchev–Trinajstić information content (AvgIpc) is 2.43. The van der Waals surface area contributed by atoms with Crippen LogP contribution in [0.4, 0.5) is 11.5 Å². The monoisotopic (exact) mass is 277 g/mol. The van der Waals surface area contributed by atoms with Gasteiger partial charge >= 0.3 is 5.97 Å². The van der Waals surface area contributed by atoms with Crippen molar-refractivity contribution in [3.63, 3.8) is 0 Å². The van der Waals surface area contributed by atoms with Crippen molar-refractivity contribution in [2.24, 2.45) is 0 Å². The molecule has 1 fully saturated rings. The molecule has 0 bridgehead atoms. The topological polar surface area (TPSA) is 77.2 Å². The molecule has 1 saturated carbocycles. The fourth-order valence-corrected chi connectivity index (χ4v) is 2.60. The van der Waals surface area contributed by atoms with Crippen molar-refractivity contribution in [2.45, 2.75) is 51.0 Å². The van der Waals surface area contributed by atoms with E-state index in [1.165, 1.54) is 39.2 Å². The van der Waals surface area contributed by atoms with E-state index in [-0.39, 0.29) is 5.69 Å². The molecule has 20 heavy (non-hydrogen) atoms. The normalized spacial score (nSPS) is 17.1. The number of nitrogens with one attached hydrogen (secondary N) is 1. The second-order valence-corrected chi connectivity index (χ2v) is 5.31. The maximum atomic E-state index is 11.5. The van der Waals surface area contributed by atoms with E-state index < -0.39 is 5.97 Å².